The predicted octanol–water partition coefficient (Wildman–Crippen LogP) is 1.45. The number of ether oxygens (including phenoxy) is 1. The van der Waals surface area contributed by atoms with Gasteiger partial charge >= 0.3 is 0 Å². The molecule has 1 aliphatic rings. The lowest BCUT2D eigenvalue weighted by molar-refractivity contribution is -0.0339. The Balaban J connectivity index is 1.66. The minimum absolute atomic E-state index is 0.110. The van der Waals surface area contributed by atoms with Crippen molar-refractivity contribution in [3.8, 4) is 0 Å². The molecular formula is C12H16N4OS. The van der Waals surface area contributed by atoms with Gasteiger partial charge < -0.3 is 9.30 Å². The highest BCUT2D eigenvalue weighted by Crippen LogP contribution is 2.24. The third-order valence-corrected chi connectivity index (χ3v) is 4.03. The van der Waals surface area contributed by atoms with Gasteiger partial charge in [0, 0.05) is 44.1 Å². The van der Waals surface area contributed by atoms with Crippen LogP contribution in [0.3, 0.4) is 0 Å². The van der Waals surface area contributed by atoms with Gasteiger partial charge in [0.2, 0.25) is 0 Å². The summed E-state index contributed by atoms with van der Waals surface area (Å²) in [5.74, 6) is 1.09. The number of aryl methyl sites for hydroxylation is 1. The van der Waals surface area contributed by atoms with E-state index in [2.05, 4.69) is 19.4 Å². The summed E-state index contributed by atoms with van der Waals surface area (Å²) >= 11 is 1.66. The van der Waals surface area contributed by atoms with E-state index in [-0.39, 0.29) is 6.10 Å². The average molecular weight is 264 g/mol. The van der Waals surface area contributed by atoms with Crippen LogP contribution < -0.4 is 0 Å². The summed E-state index contributed by atoms with van der Waals surface area (Å²) in [4.78, 5) is 11.1. The van der Waals surface area contributed by atoms with E-state index in [4.69, 9.17) is 4.74 Å². The highest BCUT2D eigenvalue weighted by atomic mass is 32.1. The quantitative estimate of drug-likeness (QED) is 0.841. The number of aromatic nitrogens is 3. The smallest absolute Gasteiger partial charge is 0.123 e. The molecule has 0 saturated carbocycles. The maximum Gasteiger partial charge on any atom is 0.123 e. The highest BCUT2D eigenvalue weighted by molar-refractivity contribution is 7.09. The van der Waals surface area contributed by atoms with Crippen LogP contribution in [-0.2, 0) is 18.3 Å². The Kier molecular flexibility index (Phi) is 3.40. The third kappa shape index (κ3) is 2.45. The molecule has 0 unspecified atom stereocenters. The van der Waals surface area contributed by atoms with Crippen molar-refractivity contribution < 1.29 is 4.74 Å². The molecule has 0 N–H and O–H groups in total. The summed E-state index contributed by atoms with van der Waals surface area (Å²) in [6.45, 7) is 3.47. The molecule has 3 rings (SSSR count). The second-order valence-corrected chi connectivity index (χ2v) is 5.35. The molecule has 5 nitrogen and oxygen atoms in total. The van der Waals surface area contributed by atoms with Gasteiger partial charge in [-0.2, -0.15) is 0 Å². The molecule has 18 heavy (non-hydrogen) atoms. The van der Waals surface area contributed by atoms with Crippen molar-refractivity contribution in [3.63, 3.8) is 0 Å². The topological polar surface area (TPSA) is 43.2 Å². The first-order valence-corrected chi connectivity index (χ1v) is 6.90. The van der Waals surface area contributed by atoms with Gasteiger partial charge in [0.25, 0.3) is 0 Å². The molecular weight excluding hydrogens is 248 g/mol. The molecule has 0 spiro atoms. The van der Waals surface area contributed by atoms with E-state index < -0.39 is 0 Å². The number of nitrogens with zero attached hydrogens (tertiary/aromatic N) is 4. The van der Waals surface area contributed by atoms with Gasteiger partial charge in [0.1, 0.15) is 16.9 Å². The zero-order valence-corrected chi connectivity index (χ0v) is 11.1. The van der Waals surface area contributed by atoms with Gasteiger partial charge in [-0.05, 0) is 0 Å². The number of morpholine rings is 1. The van der Waals surface area contributed by atoms with Crippen LogP contribution in [-0.4, -0.2) is 39.1 Å². The molecule has 1 fully saturated rings. The van der Waals surface area contributed by atoms with Crippen LogP contribution in [0.5, 0.6) is 0 Å². The number of imidazole rings is 1. The first-order valence-electron chi connectivity index (χ1n) is 6.02. The number of hydrogen-bond donors (Lipinski definition) is 0. The summed E-state index contributed by atoms with van der Waals surface area (Å²) in [5, 5.41) is 3.07. The van der Waals surface area contributed by atoms with Crippen LogP contribution in [0, 0.1) is 0 Å². The lowest BCUT2D eigenvalue weighted by Gasteiger charge is -2.31. The monoisotopic (exact) mass is 264 g/mol. The van der Waals surface area contributed by atoms with E-state index in [1.165, 1.54) is 0 Å². The SMILES string of the molecule is Cn1ccnc1CN1CCO[C@H](c2nccs2)C1. The van der Waals surface area contributed by atoms with E-state index >= 15 is 0 Å². The zero-order chi connectivity index (χ0) is 12.4. The maximum absolute atomic E-state index is 5.78. The second-order valence-electron chi connectivity index (χ2n) is 4.42. The number of thiazole rings is 1. The summed E-state index contributed by atoms with van der Waals surface area (Å²) < 4.78 is 7.84. The Hall–Kier alpha value is -1.24. The van der Waals surface area contributed by atoms with Gasteiger partial charge in [-0.15, -0.1) is 11.3 Å². The molecule has 2 aromatic heterocycles. The average Bonchev–Trinajstić information content (AvgIpc) is 3.02. The highest BCUT2D eigenvalue weighted by Gasteiger charge is 2.24. The van der Waals surface area contributed by atoms with Crippen LogP contribution in [0.25, 0.3) is 0 Å². The molecule has 1 aliphatic heterocycles. The molecule has 2 aromatic rings. The summed E-state index contributed by atoms with van der Waals surface area (Å²) in [7, 11) is 2.03. The van der Waals surface area contributed by atoms with Crippen LogP contribution in [0.2, 0.25) is 0 Å². The molecule has 3 heterocycles. The van der Waals surface area contributed by atoms with Crippen LogP contribution in [0.15, 0.2) is 24.0 Å². The van der Waals surface area contributed by atoms with Crippen LogP contribution >= 0.6 is 11.3 Å². The van der Waals surface area contributed by atoms with E-state index in [1.54, 1.807) is 11.3 Å². The molecule has 6 heteroatoms. The molecule has 0 aliphatic carbocycles. The first-order chi connectivity index (χ1) is 8.83. The fraction of sp³-hybridized carbons (Fsp3) is 0.500. The number of rotatable bonds is 3. The Bertz CT molecular complexity index is 496. The Morgan fingerprint density at radius 1 is 1.44 bits per heavy atom. The van der Waals surface area contributed by atoms with Crippen molar-refractivity contribution in [1.82, 2.24) is 19.4 Å². The van der Waals surface area contributed by atoms with Gasteiger partial charge in [0.15, 0.2) is 0 Å². The van der Waals surface area contributed by atoms with Gasteiger partial charge in [-0.25, -0.2) is 9.97 Å². The normalized spacial score (nSPS) is 21.3. The molecule has 1 atom stereocenters. The van der Waals surface area contributed by atoms with E-state index in [0.29, 0.717) is 0 Å². The van der Waals surface area contributed by atoms with Crippen molar-refractivity contribution in [2.24, 2.45) is 7.05 Å². The fourth-order valence-corrected chi connectivity index (χ4v) is 2.82. The maximum atomic E-state index is 5.78. The van der Waals surface area contributed by atoms with Crippen molar-refractivity contribution in [1.29, 1.82) is 0 Å². The van der Waals surface area contributed by atoms with Gasteiger partial charge in [0.05, 0.1) is 13.2 Å². The van der Waals surface area contributed by atoms with E-state index in [1.807, 2.05) is 31.0 Å². The van der Waals surface area contributed by atoms with Crippen molar-refractivity contribution >= 4 is 11.3 Å². The van der Waals surface area contributed by atoms with Crippen LogP contribution in [0.1, 0.15) is 16.9 Å². The van der Waals surface area contributed by atoms with E-state index in [9.17, 15) is 0 Å². The second kappa shape index (κ2) is 5.17. The molecule has 0 bridgehead atoms. The van der Waals surface area contributed by atoms with Gasteiger partial charge in [-0.1, -0.05) is 0 Å². The Morgan fingerprint density at radius 2 is 2.39 bits per heavy atom. The third-order valence-electron chi connectivity index (χ3n) is 3.16. The lowest BCUT2D eigenvalue weighted by Crippen LogP contribution is -2.38. The molecule has 0 amide bonds. The fourth-order valence-electron chi connectivity index (χ4n) is 2.14. The Labute approximate surface area is 110 Å². The van der Waals surface area contributed by atoms with Crippen LogP contribution in [0.4, 0.5) is 0 Å². The molecule has 1 saturated heterocycles. The van der Waals surface area contributed by atoms with E-state index in [0.717, 1.165) is 37.1 Å². The largest absolute Gasteiger partial charge is 0.368 e. The van der Waals surface area contributed by atoms with Crippen molar-refractivity contribution in [2.45, 2.75) is 12.6 Å². The van der Waals surface area contributed by atoms with Gasteiger partial charge in [-0.3, -0.25) is 4.90 Å². The summed E-state index contributed by atoms with van der Waals surface area (Å²) in [6, 6.07) is 0. The molecule has 0 aromatic carbocycles. The summed E-state index contributed by atoms with van der Waals surface area (Å²) in [6.07, 6.45) is 5.77. The van der Waals surface area contributed by atoms with Crippen molar-refractivity contribution in [2.75, 3.05) is 19.7 Å². The first kappa shape index (κ1) is 11.8. The molecule has 96 valence electrons. The minimum atomic E-state index is 0.110. The predicted molar refractivity (Wildman–Crippen MR) is 69.3 cm³/mol. The number of hydrogen-bond acceptors (Lipinski definition) is 5. The minimum Gasteiger partial charge on any atom is -0.368 e. The summed E-state index contributed by atoms with van der Waals surface area (Å²) in [5.41, 5.74) is 0. The standard InChI is InChI=1S/C12H16N4OS/c1-15-4-2-13-11(15)9-16-5-6-17-10(8-16)12-14-3-7-18-12/h2-4,7,10H,5-6,8-9H2,1H3/t10-/m0/s1. The zero-order valence-electron chi connectivity index (χ0n) is 10.3. The lowest BCUT2D eigenvalue weighted by atomic mass is 10.3. The Morgan fingerprint density at radius 3 is 3.11 bits per heavy atom. The van der Waals surface area contributed by atoms with Crippen molar-refractivity contribution in [3.05, 3.63) is 34.8 Å². The molecule has 0 radical (unpaired) electrons.